The standard InChI is InChI=1S/C16H35NO5S/c1-4-6-9-17(3,10-8-16-23(18,19)20)11-13-22-15-14-21-12-7-5-2/h4-16H2,1-3H3/p+1. The molecule has 1 N–H and O–H groups in total. The highest BCUT2D eigenvalue weighted by atomic mass is 32.2. The summed E-state index contributed by atoms with van der Waals surface area (Å²) in [5, 5.41) is 0. The summed E-state index contributed by atoms with van der Waals surface area (Å²) in [6.45, 7) is 9.52. The molecule has 0 amide bonds. The van der Waals surface area contributed by atoms with Crippen LogP contribution < -0.4 is 0 Å². The van der Waals surface area contributed by atoms with Gasteiger partial charge in [-0.1, -0.05) is 26.7 Å². The molecule has 140 valence electrons. The van der Waals surface area contributed by atoms with Crippen molar-refractivity contribution in [3.63, 3.8) is 0 Å². The molecule has 0 aliphatic carbocycles. The van der Waals surface area contributed by atoms with Gasteiger partial charge in [0.2, 0.25) is 0 Å². The van der Waals surface area contributed by atoms with Crippen LogP contribution in [0.1, 0.15) is 46.0 Å². The number of hydrogen-bond acceptors (Lipinski definition) is 4. The molecular formula is C16H36NO5S+. The third kappa shape index (κ3) is 15.1. The first-order valence-corrected chi connectivity index (χ1v) is 10.4. The maximum absolute atomic E-state index is 10.8. The Morgan fingerprint density at radius 1 is 0.826 bits per heavy atom. The minimum Gasteiger partial charge on any atom is -0.379 e. The molecule has 1 atom stereocenters. The lowest BCUT2D eigenvalue weighted by molar-refractivity contribution is -0.910. The molecular weight excluding hydrogens is 318 g/mol. The topological polar surface area (TPSA) is 72.8 Å². The maximum atomic E-state index is 10.8. The molecule has 0 rings (SSSR count). The van der Waals surface area contributed by atoms with E-state index in [2.05, 4.69) is 20.9 Å². The molecule has 0 bridgehead atoms. The molecule has 0 aromatic rings. The van der Waals surface area contributed by atoms with Crippen LogP contribution in [0.5, 0.6) is 0 Å². The van der Waals surface area contributed by atoms with Crippen LogP contribution in [-0.2, 0) is 19.6 Å². The number of ether oxygens (including phenoxy) is 2. The minimum absolute atomic E-state index is 0.168. The van der Waals surface area contributed by atoms with Gasteiger partial charge >= 0.3 is 0 Å². The summed E-state index contributed by atoms with van der Waals surface area (Å²) in [5.74, 6) is -0.168. The highest BCUT2D eigenvalue weighted by molar-refractivity contribution is 7.85. The number of rotatable bonds is 16. The largest absolute Gasteiger partial charge is 0.379 e. The first-order chi connectivity index (χ1) is 10.8. The Labute approximate surface area is 142 Å². The van der Waals surface area contributed by atoms with E-state index in [0.29, 0.717) is 26.2 Å². The Hall–Kier alpha value is -0.210. The highest BCUT2D eigenvalue weighted by Crippen LogP contribution is 2.08. The molecule has 0 spiro atoms. The Balaban J connectivity index is 3.97. The van der Waals surface area contributed by atoms with Crippen LogP contribution in [0.25, 0.3) is 0 Å². The van der Waals surface area contributed by atoms with E-state index in [0.717, 1.165) is 56.4 Å². The average Bonchev–Trinajstić information content (AvgIpc) is 2.47. The van der Waals surface area contributed by atoms with Crippen LogP contribution in [0.15, 0.2) is 0 Å². The van der Waals surface area contributed by atoms with Crippen molar-refractivity contribution in [3.05, 3.63) is 0 Å². The summed E-state index contributed by atoms with van der Waals surface area (Å²) in [6, 6.07) is 0. The van der Waals surface area contributed by atoms with Crippen LogP contribution in [0.3, 0.4) is 0 Å². The van der Waals surface area contributed by atoms with E-state index in [9.17, 15) is 8.42 Å². The SMILES string of the molecule is CCCCOCCOCC[N+](C)(CCCC)CCCS(=O)(=O)O. The van der Waals surface area contributed by atoms with Crippen molar-refractivity contribution in [2.75, 3.05) is 58.9 Å². The molecule has 0 aromatic carbocycles. The quantitative estimate of drug-likeness (QED) is 0.262. The fourth-order valence-electron chi connectivity index (χ4n) is 2.36. The molecule has 6 nitrogen and oxygen atoms in total. The zero-order chi connectivity index (χ0) is 17.6. The van der Waals surface area contributed by atoms with Gasteiger partial charge in [0.25, 0.3) is 10.1 Å². The molecule has 0 fully saturated rings. The van der Waals surface area contributed by atoms with E-state index in [1.807, 2.05) is 0 Å². The fraction of sp³-hybridized carbons (Fsp3) is 1.00. The second-order valence-electron chi connectivity index (χ2n) is 6.36. The maximum Gasteiger partial charge on any atom is 0.265 e. The second-order valence-corrected chi connectivity index (χ2v) is 7.93. The number of unbranched alkanes of at least 4 members (excludes halogenated alkanes) is 2. The van der Waals surface area contributed by atoms with Crippen LogP contribution in [0, 0.1) is 0 Å². The van der Waals surface area contributed by atoms with E-state index >= 15 is 0 Å². The third-order valence-corrected chi connectivity index (χ3v) is 4.75. The van der Waals surface area contributed by atoms with Crippen LogP contribution in [0.4, 0.5) is 0 Å². The summed E-state index contributed by atoms with van der Waals surface area (Å²) in [6.07, 6.45) is 4.90. The van der Waals surface area contributed by atoms with Gasteiger partial charge in [0, 0.05) is 13.0 Å². The van der Waals surface area contributed by atoms with Crippen molar-refractivity contribution in [2.24, 2.45) is 0 Å². The van der Waals surface area contributed by atoms with E-state index in [4.69, 9.17) is 14.0 Å². The molecule has 0 saturated carbocycles. The van der Waals surface area contributed by atoms with Crippen LogP contribution in [0.2, 0.25) is 0 Å². The highest BCUT2D eigenvalue weighted by Gasteiger charge is 2.21. The predicted molar refractivity (Wildman–Crippen MR) is 93.3 cm³/mol. The van der Waals surface area contributed by atoms with Gasteiger partial charge in [-0.15, -0.1) is 0 Å². The van der Waals surface area contributed by atoms with Gasteiger partial charge in [0.15, 0.2) is 0 Å². The Kier molecular flexibility index (Phi) is 13.0. The fourth-order valence-corrected chi connectivity index (χ4v) is 2.85. The minimum atomic E-state index is -3.87. The molecule has 0 heterocycles. The van der Waals surface area contributed by atoms with E-state index < -0.39 is 10.1 Å². The molecule has 0 radical (unpaired) electrons. The number of likely N-dealkylation sites (N-methyl/N-ethyl adjacent to an activating group) is 1. The van der Waals surface area contributed by atoms with Crippen molar-refractivity contribution in [3.8, 4) is 0 Å². The molecule has 23 heavy (non-hydrogen) atoms. The third-order valence-electron chi connectivity index (χ3n) is 3.94. The molecule has 0 saturated heterocycles. The van der Waals surface area contributed by atoms with Gasteiger partial charge in [-0.05, 0) is 12.8 Å². The molecule has 1 unspecified atom stereocenters. The summed E-state index contributed by atoms with van der Waals surface area (Å²) in [5.41, 5.74) is 0. The van der Waals surface area contributed by atoms with Crippen molar-refractivity contribution < 1.29 is 26.9 Å². The lowest BCUT2D eigenvalue weighted by atomic mass is 10.2. The molecule has 7 heteroatoms. The Bertz CT molecular complexity index is 375. The van der Waals surface area contributed by atoms with Gasteiger partial charge in [-0.3, -0.25) is 4.55 Å². The van der Waals surface area contributed by atoms with Gasteiger partial charge < -0.3 is 14.0 Å². The second kappa shape index (κ2) is 13.1. The first-order valence-electron chi connectivity index (χ1n) is 8.77. The number of quaternary nitrogens is 1. The zero-order valence-corrected chi connectivity index (χ0v) is 15.9. The number of hydrogen-bond donors (Lipinski definition) is 1. The summed E-state index contributed by atoms with van der Waals surface area (Å²) < 4.78 is 42.4. The van der Waals surface area contributed by atoms with Crippen molar-refractivity contribution >= 4 is 10.1 Å². The normalized spacial score (nSPS) is 14.8. The van der Waals surface area contributed by atoms with E-state index in [-0.39, 0.29) is 5.75 Å². The van der Waals surface area contributed by atoms with Crippen LogP contribution >= 0.6 is 0 Å². The summed E-state index contributed by atoms with van der Waals surface area (Å²) in [4.78, 5) is 0. The van der Waals surface area contributed by atoms with Crippen molar-refractivity contribution in [1.29, 1.82) is 0 Å². The van der Waals surface area contributed by atoms with Gasteiger partial charge in [0.1, 0.15) is 6.54 Å². The summed E-state index contributed by atoms with van der Waals surface area (Å²) in [7, 11) is -1.74. The monoisotopic (exact) mass is 354 g/mol. The van der Waals surface area contributed by atoms with Gasteiger partial charge in [0.05, 0.1) is 45.7 Å². The summed E-state index contributed by atoms with van der Waals surface area (Å²) >= 11 is 0. The molecule has 0 aliphatic rings. The predicted octanol–water partition coefficient (Wildman–Crippen LogP) is 2.34. The molecule has 0 aliphatic heterocycles. The Morgan fingerprint density at radius 3 is 1.96 bits per heavy atom. The molecule has 0 aromatic heterocycles. The average molecular weight is 355 g/mol. The first kappa shape index (κ1) is 22.8. The van der Waals surface area contributed by atoms with E-state index in [1.54, 1.807) is 0 Å². The lowest BCUT2D eigenvalue weighted by Gasteiger charge is -2.34. The van der Waals surface area contributed by atoms with Crippen molar-refractivity contribution in [2.45, 2.75) is 46.0 Å². The zero-order valence-electron chi connectivity index (χ0n) is 15.1. The smallest absolute Gasteiger partial charge is 0.265 e. The van der Waals surface area contributed by atoms with Crippen LogP contribution in [-0.4, -0.2) is 76.3 Å². The van der Waals surface area contributed by atoms with Crippen molar-refractivity contribution in [1.82, 2.24) is 0 Å². The Morgan fingerprint density at radius 2 is 1.39 bits per heavy atom. The van der Waals surface area contributed by atoms with Gasteiger partial charge in [-0.25, -0.2) is 0 Å². The lowest BCUT2D eigenvalue weighted by Crippen LogP contribution is -2.48. The van der Waals surface area contributed by atoms with E-state index in [1.165, 1.54) is 0 Å². The number of nitrogens with zero attached hydrogens (tertiary/aromatic N) is 1. The van der Waals surface area contributed by atoms with Gasteiger partial charge in [-0.2, -0.15) is 8.42 Å².